The predicted molar refractivity (Wildman–Crippen MR) is 119 cm³/mol. The number of piperidine rings is 1. The van der Waals surface area contributed by atoms with Crippen molar-refractivity contribution < 1.29 is 23.7 Å². The normalized spacial score (nSPS) is 25.1. The van der Waals surface area contributed by atoms with Crippen molar-refractivity contribution in [3.8, 4) is 5.88 Å². The average molecular weight is 449 g/mol. The Morgan fingerprint density at radius 3 is 2.22 bits per heavy atom. The Labute approximate surface area is 190 Å². The number of nitrogens with zero attached hydrogens (tertiary/aromatic N) is 4. The van der Waals surface area contributed by atoms with Gasteiger partial charge in [-0.15, -0.1) is 0 Å². The smallest absolute Gasteiger partial charge is 0.410 e. The topological polar surface area (TPSA) is 86.2 Å². The summed E-state index contributed by atoms with van der Waals surface area (Å²) in [6, 6.07) is 0. The maximum Gasteiger partial charge on any atom is 0.410 e. The van der Waals surface area contributed by atoms with Crippen LogP contribution in [0.25, 0.3) is 0 Å². The molecule has 2 aliphatic heterocycles. The van der Waals surface area contributed by atoms with E-state index in [4.69, 9.17) is 18.9 Å². The molecular formula is C23H36N4O5. The summed E-state index contributed by atoms with van der Waals surface area (Å²) in [6.07, 6.45) is 9.50. The summed E-state index contributed by atoms with van der Waals surface area (Å²) in [4.78, 5) is 25.0. The van der Waals surface area contributed by atoms with Gasteiger partial charge in [0.25, 0.3) is 0 Å². The van der Waals surface area contributed by atoms with Crippen LogP contribution in [0.5, 0.6) is 5.88 Å². The van der Waals surface area contributed by atoms with Crippen molar-refractivity contribution in [2.75, 3.05) is 44.3 Å². The standard InChI is InChI=1S/C23H36N4O5/c1-17(2)30-23(28)27-9-7-20(8-10-27)31-18-3-5-19(6-4-18)32-22-16-24-21(15-25-22)26-11-13-29-14-12-26/h15-20H,3-14H2,1-2H3/t18-,19-. The number of anilines is 1. The van der Waals surface area contributed by atoms with Gasteiger partial charge in [0, 0.05) is 26.2 Å². The van der Waals surface area contributed by atoms with Gasteiger partial charge in [-0.05, 0) is 52.4 Å². The molecule has 1 aromatic heterocycles. The van der Waals surface area contributed by atoms with Crippen LogP contribution >= 0.6 is 0 Å². The van der Waals surface area contributed by atoms with Crippen molar-refractivity contribution in [3.05, 3.63) is 12.4 Å². The van der Waals surface area contributed by atoms with Gasteiger partial charge in [-0.1, -0.05) is 0 Å². The summed E-state index contributed by atoms with van der Waals surface area (Å²) in [5.74, 6) is 1.47. The minimum Gasteiger partial charge on any atom is -0.473 e. The molecule has 0 spiro atoms. The molecule has 3 aliphatic rings. The van der Waals surface area contributed by atoms with Crippen molar-refractivity contribution in [2.24, 2.45) is 0 Å². The first-order valence-electron chi connectivity index (χ1n) is 12.0. The Hall–Kier alpha value is -2.13. The van der Waals surface area contributed by atoms with Gasteiger partial charge in [-0.25, -0.2) is 14.8 Å². The molecule has 1 amide bonds. The van der Waals surface area contributed by atoms with E-state index in [0.29, 0.717) is 19.0 Å². The van der Waals surface area contributed by atoms with Crippen LogP contribution in [0.15, 0.2) is 12.4 Å². The average Bonchev–Trinajstić information content (AvgIpc) is 2.81. The van der Waals surface area contributed by atoms with Crippen molar-refractivity contribution in [1.29, 1.82) is 0 Å². The molecule has 1 aromatic rings. The van der Waals surface area contributed by atoms with E-state index in [1.165, 1.54) is 0 Å². The molecular weight excluding hydrogens is 412 g/mol. The highest BCUT2D eigenvalue weighted by atomic mass is 16.6. The highest BCUT2D eigenvalue weighted by molar-refractivity contribution is 5.67. The SMILES string of the molecule is CC(C)OC(=O)N1CCC(O[C@H]2CC[C@H](Oc3cnc(N4CCOCC4)cn3)CC2)CC1. The Morgan fingerprint density at radius 2 is 1.59 bits per heavy atom. The molecule has 32 heavy (non-hydrogen) atoms. The number of carbonyl (C=O) groups excluding carboxylic acids is 1. The number of rotatable bonds is 6. The van der Waals surface area contributed by atoms with Crippen LogP contribution in [0.4, 0.5) is 10.6 Å². The van der Waals surface area contributed by atoms with E-state index in [1.807, 2.05) is 13.8 Å². The second-order valence-corrected chi connectivity index (χ2v) is 9.08. The van der Waals surface area contributed by atoms with Crippen LogP contribution in [0.2, 0.25) is 0 Å². The fourth-order valence-electron chi connectivity index (χ4n) is 4.51. The van der Waals surface area contributed by atoms with Crippen molar-refractivity contribution in [1.82, 2.24) is 14.9 Å². The zero-order valence-electron chi connectivity index (χ0n) is 19.3. The van der Waals surface area contributed by atoms with Gasteiger partial charge in [0.15, 0.2) is 0 Å². The van der Waals surface area contributed by atoms with Gasteiger partial charge >= 0.3 is 6.09 Å². The van der Waals surface area contributed by atoms with Crippen molar-refractivity contribution in [2.45, 2.75) is 76.8 Å². The van der Waals surface area contributed by atoms with Crippen LogP contribution in [-0.4, -0.2) is 84.8 Å². The van der Waals surface area contributed by atoms with Gasteiger partial charge in [0.1, 0.15) is 11.9 Å². The molecule has 0 radical (unpaired) electrons. The van der Waals surface area contributed by atoms with Crippen LogP contribution in [0.1, 0.15) is 52.4 Å². The number of hydrogen-bond donors (Lipinski definition) is 0. The molecule has 0 atom stereocenters. The molecule has 4 rings (SSSR count). The minimum absolute atomic E-state index is 0.0810. The molecule has 9 nitrogen and oxygen atoms in total. The third-order valence-corrected chi connectivity index (χ3v) is 6.28. The molecule has 1 saturated carbocycles. The fourth-order valence-corrected chi connectivity index (χ4v) is 4.51. The van der Waals surface area contributed by atoms with E-state index in [9.17, 15) is 4.79 Å². The molecule has 3 heterocycles. The van der Waals surface area contributed by atoms with Gasteiger partial charge in [-0.2, -0.15) is 0 Å². The van der Waals surface area contributed by atoms with Crippen LogP contribution in [0, 0.1) is 0 Å². The van der Waals surface area contributed by atoms with E-state index < -0.39 is 0 Å². The minimum atomic E-state index is -0.211. The molecule has 0 aromatic carbocycles. The maximum absolute atomic E-state index is 12.0. The molecule has 1 aliphatic carbocycles. The third kappa shape index (κ3) is 6.45. The molecule has 3 fully saturated rings. The number of ether oxygens (including phenoxy) is 4. The van der Waals surface area contributed by atoms with E-state index in [-0.39, 0.29) is 30.5 Å². The lowest BCUT2D eigenvalue weighted by atomic mass is 9.94. The first-order chi connectivity index (χ1) is 15.6. The Balaban J connectivity index is 1.15. The van der Waals surface area contributed by atoms with E-state index in [2.05, 4.69) is 14.9 Å². The molecule has 9 heteroatoms. The fraction of sp³-hybridized carbons (Fsp3) is 0.783. The zero-order valence-corrected chi connectivity index (χ0v) is 19.3. The highest BCUT2D eigenvalue weighted by Crippen LogP contribution is 2.28. The van der Waals surface area contributed by atoms with Crippen LogP contribution < -0.4 is 9.64 Å². The summed E-state index contributed by atoms with van der Waals surface area (Å²) >= 11 is 0. The van der Waals surface area contributed by atoms with Crippen molar-refractivity contribution in [3.63, 3.8) is 0 Å². The van der Waals surface area contributed by atoms with Gasteiger partial charge in [-0.3, -0.25) is 0 Å². The second-order valence-electron chi connectivity index (χ2n) is 9.08. The van der Waals surface area contributed by atoms with Crippen LogP contribution in [-0.2, 0) is 14.2 Å². The van der Waals surface area contributed by atoms with E-state index >= 15 is 0 Å². The molecule has 2 saturated heterocycles. The largest absolute Gasteiger partial charge is 0.473 e. The first-order valence-corrected chi connectivity index (χ1v) is 12.0. The van der Waals surface area contributed by atoms with Crippen molar-refractivity contribution >= 4 is 11.9 Å². The lowest BCUT2D eigenvalue weighted by Gasteiger charge is -2.35. The molecule has 178 valence electrons. The highest BCUT2D eigenvalue weighted by Gasteiger charge is 2.29. The molecule has 0 bridgehead atoms. The number of likely N-dealkylation sites (tertiary alicyclic amines) is 1. The molecule has 0 unspecified atom stereocenters. The molecule has 0 N–H and O–H groups in total. The van der Waals surface area contributed by atoms with E-state index in [1.54, 1.807) is 17.3 Å². The van der Waals surface area contributed by atoms with Gasteiger partial charge in [0.2, 0.25) is 5.88 Å². The number of hydrogen-bond acceptors (Lipinski definition) is 8. The zero-order chi connectivity index (χ0) is 22.3. The predicted octanol–water partition coefficient (Wildman–Crippen LogP) is 3.03. The third-order valence-electron chi connectivity index (χ3n) is 6.28. The van der Waals surface area contributed by atoms with Crippen LogP contribution in [0.3, 0.4) is 0 Å². The maximum atomic E-state index is 12.0. The summed E-state index contributed by atoms with van der Waals surface area (Å²) in [7, 11) is 0. The Kier molecular flexibility index (Phi) is 8.02. The summed E-state index contributed by atoms with van der Waals surface area (Å²) in [5, 5.41) is 0. The monoisotopic (exact) mass is 448 g/mol. The first kappa shape index (κ1) is 23.0. The lowest BCUT2D eigenvalue weighted by Crippen LogP contribution is -2.43. The summed E-state index contributed by atoms with van der Waals surface area (Å²) < 4.78 is 23.1. The van der Waals surface area contributed by atoms with Gasteiger partial charge in [0.05, 0.1) is 43.9 Å². The number of amides is 1. The number of aromatic nitrogens is 2. The summed E-state index contributed by atoms with van der Waals surface area (Å²) in [5.41, 5.74) is 0. The Morgan fingerprint density at radius 1 is 0.938 bits per heavy atom. The van der Waals surface area contributed by atoms with Gasteiger partial charge < -0.3 is 28.7 Å². The Bertz CT molecular complexity index is 710. The lowest BCUT2D eigenvalue weighted by molar-refractivity contribution is -0.0659. The number of carbonyl (C=O) groups is 1. The van der Waals surface area contributed by atoms with E-state index in [0.717, 1.165) is 70.6 Å². The second kappa shape index (κ2) is 11.1. The summed E-state index contributed by atoms with van der Waals surface area (Å²) in [6.45, 7) is 8.31. The quantitative estimate of drug-likeness (QED) is 0.656. The number of morpholine rings is 1.